The predicted molar refractivity (Wildman–Crippen MR) is 172 cm³/mol. The molecule has 254 valence electrons. The minimum Gasteiger partial charge on any atom is -0.222 e. The number of halogens is 2. The molecule has 0 aliphatic carbocycles. The van der Waals surface area contributed by atoms with Gasteiger partial charge in [0.25, 0.3) is 0 Å². The number of fused-ring (bicyclic) bond motifs is 4. The molecule has 2 heterocycles. The van der Waals surface area contributed by atoms with Crippen LogP contribution >= 0.6 is 22.7 Å². The standard InChI is InChI=1S/C36H36S2.2ClHO4/c1(3-5-7-17-27-29-19-9-13-23-33(29)37-34-24-14-10-20-30(27)34)2-4-6-8-18-28-31-21-11-15-25-35(31)38-36-26-16-12-22-32(28)36;2*2-1(3,4)5/h9-16,19-26H,1-8,17-18H2;2*(H,2,3,4,5)/q+2;;/p-2. The van der Waals surface area contributed by atoms with Crippen LogP contribution in [0.25, 0.3) is 40.3 Å². The van der Waals surface area contributed by atoms with Gasteiger partial charge in [0, 0.05) is 45.8 Å². The highest BCUT2D eigenvalue weighted by Crippen LogP contribution is 2.35. The Morgan fingerprint density at radius 1 is 0.333 bits per heavy atom. The minimum absolute atomic E-state index is 1.19. The molecule has 0 aliphatic rings. The first-order valence-electron chi connectivity index (χ1n) is 15.6. The summed E-state index contributed by atoms with van der Waals surface area (Å²) in [6.07, 6.45) is 13.1. The largest absolute Gasteiger partial charge is 0.239 e. The summed E-state index contributed by atoms with van der Waals surface area (Å²) in [5.74, 6) is 0. The molecule has 0 bridgehead atoms. The molecular formula is C36H36Cl2O8S2. The van der Waals surface area contributed by atoms with E-state index in [1.807, 2.05) is 22.7 Å². The Morgan fingerprint density at radius 2 is 0.542 bits per heavy atom. The Balaban J connectivity index is 0.000000458. The number of hydrogen-bond donors (Lipinski definition) is 0. The van der Waals surface area contributed by atoms with Crippen LogP contribution in [0.3, 0.4) is 0 Å². The number of aryl methyl sites for hydroxylation is 2. The van der Waals surface area contributed by atoms with Gasteiger partial charge in [0.1, 0.15) is 0 Å². The van der Waals surface area contributed by atoms with Crippen LogP contribution in [-0.4, -0.2) is 0 Å². The minimum atomic E-state index is -4.94. The first-order chi connectivity index (χ1) is 22.9. The summed E-state index contributed by atoms with van der Waals surface area (Å²) in [4.78, 5) is 0. The molecule has 8 nitrogen and oxygen atoms in total. The molecule has 0 radical (unpaired) electrons. The molecule has 0 saturated heterocycles. The van der Waals surface area contributed by atoms with E-state index in [1.165, 1.54) is 105 Å². The van der Waals surface area contributed by atoms with Crippen molar-refractivity contribution in [3.05, 3.63) is 108 Å². The highest BCUT2D eigenvalue weighted by Gasteiger charge is 2.17. The molecule has 4 aromatic carbocycles. The van der Waals surface area contributed by atoms with Crippen molar-refractivity contribution in [1.82, 2.24) is 0 Å². The molecule has 6 aromatic rings. The summed E-state index contributed by atoms with van der Waals surface area (Å²) in [7, 11) is -9.89. The first kappa shape index (κ1) is 38.1. The van der Waals surface area contributed by atoms with Gasteiger partial charge in [0.2, 0.25) is 41.5 Å². The van der Waals surface area contributed by atoms with Crippen LogP contribution in [0.15, 0.2) is 97.1 Å². The zero-order valence-electron chi connectivity index (χ0n) is 26.1. The lowest BCUT2D eigenvalue weighted by Gasteiger charge is -2.17. The van der Waals surface area contributed by atoms with Crippen LogP contribution in [-0.2, 0) is 12.8 Å². The van der Waals surface area contributed by atoms with Crippen molar-refractivity contribution in [1.29, 1.82) is 0 Å². The smallest absolute Gasteiger partial charge is 0.222 e. The van der Waals surface area contributed by atoms with Crippen molar-refractivity contribution in [3.63, 3.8) is 0 Å². The van der Waals surface area contributed by atoms with Gasteiger partial charge in [-0.3, -0.25) is 0 Å². The maximum atomic E-state index is 8.49. The summed E-state index contributed by atoms with van der Waals surface area (Å²) in [6.45, 7) is 0. The maximum Gasteiger partial charge on any atom is 0.239 e. The van der Waals surface area contributed by atoms with Crippen LogP contribution < -0.4 is 37.3 Å². The van der Waals surface area contributed by atoms with Gasteiger partial charge >= 0.3 is 0 Å². The van der Waals surface area contributed by atoms with E-state index in [2.05, 4.69) is 97.1 Å². The molecule has 12 heteroatoms. The molecule has 0 N–H and O–H groups in total. The molecule has 0 saturated carbocycles. The Labute approximate surface area is 291 Å². The number of hydrogen-bond acceptors (Lipinski definition) is 8. The average Bonchev–Trinajstić information content (AvgIpc) is 3.03. The first-order valence-corrected chi connectivity index (χ1v) is 19.7. The summed E-state index contributed by atoms with van der Waals surface area (Å²) < 4.78 is 73.6. The van der Waals surface area contributed by atoms with Gasteiger partial charge in [-0.15, -0.1) is 20.5 Å². The van der Waals surface area contributed by atoms with Gasteiger partial charge in [0.15, 0.2) is 0 Å². The predicted octanol–water partition coefficient (Wildman–Crippen LogP) is 2.38. The van der Waals surface area contributed by atoms with Gasteiger partial charge in [0.05, 0.1) is 0 Å². The Kier molecular flexibility index (Phi) is 14.6. The van der Waals surface area contributed by atoms with Crippen LogP contribution in [0.5, 0.6) is 0 Å². The fourth-order valence-electron chi connectivity index (χ4n) is 5.95. The fraction of sp³-hybridized carbons (Fsp3) is 0.278. The van der Waals surface area contributed by atoms with Crippen molar-refractivity contribution in [3.8, 4) is 0 Å². The monoisotopic (exact) mass is 730 g/mol. The van der Waals surface area contributed by atoms with E-state index in [0.29, 0.717) is 0 Å². The van der Waals surface area contributed by atoms with Gasteiger partial charge in [-0.05, 0) is 61.1 Å². The Hall–Kier alpha value is -2.68. The van der Waals surface area contributed by atoms with Crippen LogP contribution in [0.2, 0.25) is 0 Å². The molecule has 0 aliphatic heterocycles. The van der Waals surface area contributed by atoms with Gasteiger partial charge < -0.3 is 0 Å². The van der Waals surface area contributed by atoms with Crippen LogP contribution in [0.1, 0.15) is 62.5 Å². The molecule has 0 unspecified atom stereocenters. The molecule has 0 atom stereocenters. The number of rotatable bonds is 11. The third-order valence-corrected chi connectivity index (χ3v) is 10.2. The highest BCUT2D eigenvalue weighted by atomic mass is 35.7. The fourth-order valence-corrected chi connectivity index (χ4v) is 8.21. The summed E-state index contributed by atoms with van der Waals surface area (Å²) in [5, 5.41) is 5.82. The lowest BCUT2D eigenvalue weighted by Crippen LogP contribution is -2.68. The van der Waals surface area contributed by atoms with Crippen LogP contribution in [0, 0.1) is 20.5 Å². The summed E-state index contributed by atoms with van der Waals surface area (Å²) in [5.41, 5.74) is 3.11. The molecular weight excluding hydrogens is 695 g/mol. The van der Waals surface area contributed by atoms with Crippen molar-refractivity contribution in [2.75, 3.05) is 0 Å². The SMILES string of the molecule is [O-][Cl+3]([O-])([O-])[O-].[O-][Cl+3]([O-])([O-])[O-].c1ccc2c(CCCCCCCCCCc3c4ccccc4[s+]c4ccccc34)c3ccccc3[s+]c2c1. The molecule has 6 rings (SSSR count). The van der Waals surface area contributed by atoms with E-state index in [0.717, 1.165) is 0 Å². The van der Waals surface area contributed by atoms with E-state index in [4.69, 9.17) is 37.3 Å². The topological polar surface area (TPSA) is 184 Å². The van der Waals surface area contributed by atoms with E-state index in [9.17, 15) is 0 Å². The van der Waals surface area contributed by atoms with Gasteiger partial charge in [-0.25, -0.2) is 37.3 Å². The van der Waals surface area contributed by atoms with Crippen molar-refractivity contribution in [2.24, 2.45) is 0 Å². The second-order valence-electron chi connectivity index (χ2n) is 11.2. The Morgan fingerprint density at radius 3 is 0.792 bits per heavy atom. The van der Waals surface area contributed by atoms with Crippen molar-refractivity contribution < 1.29 is 57.8 Å². The average molecular weight is 732 g/mol. The zero-order valence-corrected chi connectivity index (χ0v) is 29.3. The highest BCUT2D eigenvalue weighted by molar-refractivity contribution is 7.25. The van der Waals surface area contributed by atoms with Gasteiger partial charge in [-0.1, -0.05) is 87.1 Å². The zero-order chi connectivity index (χ0) is 34.6. The third-order valence-electron chi connectivity index (χ3n) is 7.89. The third kappa shape index (κ3) is 12.6. The Bertz CT molecular complexity index is 1650. The van der Waals surface area contributed by atoms with Crippen molar-refractivity contribution in [2.45, 2.75) is 64.2 Å². The second-order valence-corrected chi connectivity index (χ2v) is 14.9. The second kappa shape index (κ2) is 18.4. The molecule has 2 aromatic heterocycles. The number of unbranched alkanes of at least 4 members (excludes halogenated alkanes) is 7. The number of benzene rings is 4. The molecule has 0 fully saturated rings. The molecule has 48 heavy (non-hydrogen) atoms. The van der Waals surface area contributed by atoms with E-state index in [-0.39, 0.29) is 0 Å². The molecule has 0 spiro atoms. The lowest BCUT2D eigenvalue weighted by atomic mass is 9.98. The van der Waals surface area contributed by atoms with Crippen molar-refractivity contribution >= 4 is 63.0 Å². The van der Waals surface area contributed by atoms with Crippen LogP contribution in [0.4, 0.5) is 0 Å². The summed E-state index contributed by atoms with van der Waals surface area (Å²) in [6, 6.07) is 35.8. The van der Waals surface area contributed by atoms with E-state index in [1.54, 1.807) is 11.1 Å². The lowest BCUT2D eigenvalue weighted by molar-refractivity contribution is -2.00. The van der Waals surface area contributed by atoms with E-state index >= 15 is 0 Å². The summed E-state index contributed by atoms with van der Waals surface area (Å²) >= 11 is 3.84. The normalized spacial score (nSPS) is 11.8. The van der Waals surface area contributed by atoms with Gasteiger partial charge in [-0.2, -0.15) is 0 Å². The maximum absolute atomic E-state index is 8.49. The quantitative estimate of drug-likeness (QED) is 0.111. The molecule has 0 amide bonds. The van der Waals surface area contributed by atoms with E-state index < -0.39 is 20.5 Å².